The van der Waals surface area contributed by atoms with Crippen LogP contribution in [-0.2, 0) is 6.54 Å². The Morgan fingerprint density at radius 3 is 2.80 bits per heavy atom. The summed E-state index contributed by atoms with van der Waals surface area (Å²) in [5.41, 5.74) is 1.40. The summed E-state index contributed by atoms with van der Waals surface area (Å²) < 4.78 is 14.0. The largest absolute Gasteiger partial charge is 0.309 e. The highest BCUT2D eigenvalue weighted by Gasteiger charge is 2.44. The zero-order valence-electron chi connectivity index (χ0n) is 8.98. The third-order valence-electron chi connectivity index (χ3n) is 3.06. The number of hydrogen-bond donors (Lipinski definition) is 1. The molecular formula is C12H15BrFN. The molecule has 1 aromatic carbocycles. The van der Waals surface area contributed by atoms with Crippen LogP contribution >= 0.6 is 15.9 Å². The van der Waals surface area contributed by atoms with E-state index in [9.17, 15) is 4.39 Å². The minimum Gasteiger partial charge on any atom is -0.309 e. The van der Waals surface area contributed by atoms with Gasteiger partial charge in [0.2, 0.25) is 0 Å². The molecule has 1 N–H and O–H groups in total. The Kier molecular flexibility index (Phi) is 2.86. The highest BCUT2D eigenvalue weighted by atomic mass is 79.9. The summed E-state index contributed by atoms with van der Waals surface area (Å²) in [6.07, 6.45) is 1.21. The van der Waals surface area contributed by atoms with Crippen molar-refractivity contribution in [3.8, 4) is 0 Å². The molecular weight excluding hydrogens is 257 g/mol. The van der Waals surface area contributed by atoms with E-state index < -0.39 is 0 Å². The van der Waals surface area contributed by atoms with Crippen LogP contribution in [0.15, 0.2) is 22.7 Å². The van der Waals surface area contributed by atoms with Crippen LogP contribution in [-0.4, -0.2) is 6.04 Å². The second-order valence-electron chi connectivity index (χ2n) is 4.86. The average molecular weight is 272 g/mol. The Hall–Kier alpha value is -0.410. The highest BCUT2D eigenvalue weighted by Crippen LogP contribution is 2.44. The fraction of sp³-hybridized carbons (Fsp3) is 0.500. The lowest BCUT2D eigenvalue weighted by Crippen LogP contribution is -2.20. The summed E-state index contributed by atoms with van der Waals surface area (Å²) in [7, 11) is 0. The van der Waals surface area contributed by atoms with Crippen LogP contribution in [0.5, 0.6) is 0 Å². The Bertz CT molecular complexity index is 376. The highest BCUT2D eigenvalue weighted by molar-refractivity contribution is 9.10. The molecule has 2 rings (SSSR count). The molecule has 82 valence electrons. The van der Waals surface area contributed by atoms with Crippen molar-refractivity contribution in [1.82, 2.24) is 5.32 Å². The van der Waals surface area contributed by atoms with E-state index >= 15 is 0 Å². The quantitative estimate of drug-likeness (QED) is 0.888. The summed E-state index contributed by atoms with van der Waals surface area (Å²) in [5, 5.41) is 3.43. The SMILES string of the molecule is CC1(C)CC1NCc1cc(F)ccc1Br. The lowest BCUT2D eigenvalue weighted by atomic mass is 10.2. The molecule has 0 spiro atoms. The molecule has 1 saturated carbocycles. The van der Waals surface area contributed by atoms with Crippen LogP contribution in [0.25, 0.3) is 0 Å². The minimum absolute atomic E-state index is 0.176. The molecule has 0 saturated heterocycles. The second kappa shape index (κ2) is 3.87. The fourth-order valence-electron chi connectivity index (χ4n) is 1.73. The van der Waals surface area contributed by atoms with Crippen LogP contribution < -0.4 is 5.32 Å². The normalized spacial score (nSPS) is 22.8. The van der Waals surface area contributed by atoms with Gasteiger partial charge in [-0.15, -0.1) is 0 Å². The summed E-state index contributed by atoms with van der Waals surface area (Å²) in [4.78, 5) is 0. The van der Waals surface area contributed by atoms with Crippen molar-refractivity contribution in [2.24, 2.45) is 5.41 Å². The molecule has 1 fully saturated rings. The van der Waals surface area contributed by atoms with Gasteiger partial charge in [-0.05, 0) is 35.6 Å². The predicted octanol–water partition coefficient (Wildman–Crippen LogP) is 3.48. The maximum absolute atomic E-state index is 13.0. The van der Waals surface area contributed by atoms with E-state index in [1.165, 1.54) is 12.5 Å². The summed E-state index contributed by atoms with van der Waals surface area (Å²) >= 11 is 3.42. The van der Waals surface area contributed by atoms with Gasteiger partial charge in [0.15, 0.2) is 0 Å². The van der Waals surface area contributed by atoms with Crippen molar-refractivity contribution < 1.29 is 4.39 Å². The monoisotopic (exact) mass is 271 g/mol. The first-order valence-electron chi connectivity index (χ1n) is 5.16. The van der Waals surface area contributed by atoms with Gasteiger partial charge in [-0.3, -0.25) is 0 Å². The van der Waals surface area contributed by atoms with Crippen molar-refractivity contribution in [3.05, 3.63) is 34.1 Å². The lowest BCUT2D eigenvalue weighted by molar-refractivity contribution is 0.540. The average Bonchev–Trinajstić information content (AvgIpc) is 2.76. The van der Waals surface area contributed by atoms with E-state index in [0.717, 1.165) is 16.6 Å². The van der Waals surface area contributed by atoms with E-state index in [-0.39, 0.29) is 5.82 Å². The van der Waals surface area contributed by atoms with Crippen molar-refractivity contribution in [3.63, 3.8) is 0 Å². The van der Waals surface area contributed by atoms with E-state index in [2.05, 4.69) is 35.1 Å². The summed E-state index contributed by atoms with van der Waals surface area (Å²) in [6.45, 7) is 5.21. The number of benzene rings is 1. The van der Waals surface area contributed by atoms with Crippen LogP contribution in [0.2, 0.25) is 0 Å². The molecule has 1 atom stereocenters. The molecule has 3 heteroatoms. The van der Waals surface area contributed by atoms with Crippen molar-refractivity contribution in [2.75, 3.05) is 0 Å². The lowest BCUT2D eigenvalue weighted by Gasteiger charge is -2.08. The van der Waals surface area contributed by atoms with Gasteiger partial charge in [-0.2, -0.15) is 0 Å². The van der Waals surface area contributed by atoms with Crippen LogP contribution in [0.3, 0.4) is 0 Å². The molecule has 1 aliphatic carbocycles. The molecule has 0 aliphatic heterocycles. The van der Waals surface area contributed by atoms with Gasteiger partial charge in [0.1, 0.15) is 5.82 Å². The molecule has 1 aliphatic rings. The van der Waals surface area contributed by atoms with E-state index in [0.29, 0.717) is 11.5 Å². The first-order chi connectivity index (χ1) is 6.99. The number of halogens is 2. The number of nitrogens with one attached hydrogen (secondary N) is 1. The Morgan fingerprint density at radius 1 is 1.53 bits per heavy atom. The van der Waals surface area contributed by atoms with Crippen molar-refractivity contribution in [2.45, 2.75) is 32.9 Å². The first kappa shape index (κ1) is 11.1. The standard InChI is InChI=1S/C12H15BrFN/c1-12(2)6-11(12)15-7-8-5-9(14)3-4-10(8)13/h3-5,11,15H,6-7H2,1-2H3. The van der Waals surface area contributed by atoms with Gasteiger partial charge in [0.05, 0.1) is 0 Å². The molecule has 1 aromatic rings. The predicted molar refractivity (Wildman–Crippen MR) is 63.1 cm³/mol. The second-order valence-corrected chi connectivity index (χ2v) is 5.72. The molecule has 15 heavy (non-hydrogen) atoms. The smallest absolute Gasteiger partial charge is 0.123 e. The number of rotatable bonds is 3. The summed E-state index contributed by atoms with van der Waals surface area (Å²) in [6, 6.07) is 5.37. The Balaban J connectivity index is 1.96. The third-order valence-corrected chi connectivity index (χ3v) is 3.83. The van der Waals surface area contributed by atoms with Gasteiger partial charge in [-0.1, -0.05) is 29.8 Å². The van der Waals surface area contributed by atoms with Crippen molar-refractivity contribution in [1.29, 1.82) is 0 Å². The van der Waals surface area contributed by atoms with Crippen molar-refractivity contribution >= 4 is 15.9 Å². The molecule has 0 heterocycles. The zero-order valence-corrected chi connectivity index (χ0v) is 10.6. The van der Waals surface area contributed by atoms with Gasteiger partial charge in [-0.25, -0.2) is 4.39 Å². The van der Waals surface area contributed by atoms with Gasteiger partial charge >= 0.3 is 0 Å². The van der Waals surface area contributed by atoms with E-state index in [1.807, 2.05) is 0 Å². The summed E-state index contributed by atoms with van der Waals surface area (Å²) in [5.74, 6) is -0.176. The Labute approximate surface area is 98.2 Å². The fourth-order valence-corrected chi connectivity index (χ4v) is 2.11. The zero-order chi connectivity index (χ0) is 11.1. The molecule has 0 amide bonds. The molecule has 0 aromatic heterocycles. The maximum Gasteiger partial charge on any atom is 0.123 e. The first-order valence-corrected chi connectivity index (χ1v) is 5.96. The minimum atomic E-state index is -0.176. The molecule has 0 radical (unpaired) electrons. The number of hydrogen-bond acceptors (Lipinski definition) is 1. The van der Waals surface area contributed by atoms with Gasteiger partial charge in [0, 0.05) is 17.1 Å². The molecule has 1 nitrogen and oxygen atoms in total. The van der Waals surface area contributed by atoms with Crippen LogP contribution in [0.4, 0.5) is 4.39 Å². The molecule has 1 unspecified atom stereocenters. The third kappa shape index (κ3) is 2.58. The topological polar surface area (TPSA) is 12.0 Å². The van der Waals surface area contributed by atoms with Gasteiger partial charge in [0.25, 0.3) is 0 Å². The van der Waals surface area contributed by atoms with E-state index in [4.69, 9.17) is 0 Å². The van der Waals surface area contributed by atoms with Crippen LogP contribution in [0.1, 0.15) is 25.8 Å². The maximum atomic E-state index is 13.0. The van der Waals surface area contributed by atoms with Crippen LogP contribution in [0, 0.1) is 11.2 Å². The Morgan fingerprint density at radius 2 is 2.20 bits per heavy atom. The molecule has 0 bridgehead atoms. The van der Waals surface area contributed by atoms with Gasteiger partial charge < -0.3 is 5.32 Å². The van der Waals surface area contributed by atoms with E-state index in [1.54, 1.807) is 12.1 Å².